The summed E-state index contributed by atoms with van der Waals surface area (Å²) in [5.41, 5.74) is 0.687. The van der Waals surface area contributed by atoms with Crippen molar-refractivity contribution in [3.8, 4) is 0 Å². The molecule has 0 spiro atoms. The molecule has 110 valence electrons. The maximum atomic E-state index is 12.8. The number of carbonyl (C=O) groups excluding carboxylic acids is 1. The van der Waals surface area contributed by atoms with Crippen molar-refractivity contribution in [3.05, 3.63) is 23.9 Å². The van der Waals surface area contributed by atoms with Gasteiger partial charge in [0.2, 0.25) is 0 Å². The summed E-state index contributed by atoms with van der Waals surface area (Å²) in [5.74, 6) is 1.81. The third-order valence-corrected chi connectivity index (χ3v) is 5.06. The summed E-state index contributed by atoms with van der Waals surface area (Å²) in [6.45, 7) is 8.07. The number of nitrogens with zero attached hydrogens (tertiary/aromatic N) is 2. The molecule has 1 aliphatic rings. The number of thioether (sulfide) groups is 1. The van der Waals surface area contributed by atoms with Crippen LogP contribution < -0.4 is 5.32 Å². The highest BCUT2D eigenvalue weighted by Crippen LogP contribution is 2.26. The van der Waals surface area contributed by atoms with Gasteiger partial charge < -0.3 is 10.2 Å². The Labute approximate surface area is 125 Å². The molecule has 0 aliphatic carbocycles. The van der Waals surface area contributed by atoms with Gasteiger partial charge in [0, 0.05) is 36.3 Å². The van der Waals surface area contributed by atoms with E-state index in [4.69, 9.17) is 0 Å². The maximum absolute atomic E-state index is 12.8. The van der Waals surface area contributed by atoms with E-state index >= 15 is 0 Å². The van der Waals surface area contributed by atoms with E-state index in [1.807, 2.05) is 28.8 Å². The molecule has 2 rings (SSSR count). The van der Waals surface area contributed by atoms with Crippen molar-refractivity contribution in [2.75, 3.05) is 24.2 Å². The van der Waals surface area contributed by atoms with E-state index < -0.39 is 0 Å². The van der Waals surface area contributed by atoms with Gasteiger partial charge in [-0.1, -0.05) is 13.8 Å². The van der Waals surface area contributed by atoms with Crippen LogP contribution in [0.15, 0.2) is 18.3 Å². The van der Waals surface area contributed by atoms with E-state index in [0.717, 1.165) is 25.3 Å². The maximum Gasteiger partial charge on any atom is 0.257 e. The van der Waals surface area contributed by atoms with E-state index in [1.54, 1.807) is 6.20 Å². The van der Waals surface area contributed by atoms with Crippen LogP contribution >= 0.6 is 11.8 Å². The van der Waals surface area contributed by atoms with E-state index in [-0.39, 0.29) is 11.9 Å². The Bertz CT molecular complexity index is 466. The lowest BCUT2D eigenvalue weighted by Gasteiger charge is -2.37. The highest BCUT2D eigenvalue weighted by atomic mass is 32.2. The van der Waals surface area contributed by atoms with Crippen molar-refractivity contribution in [3.63, 3.8) is 0 Å². The smallest absolute Gasteiger partial charge is 0.257 e. The zero-order valence-electron chi connectivity index (χ0n) is 12.4. The first-order valence-electron chi connectivity index (χ1n) is 7.26. The Morgan fingerprint density at radius 3 is 3.10 bits per heavy atom. The first-order chi connectivity index (χ1) is 9.65. The molecule has 0 radical (unpaired) electrons. The molecule has 1 aromatic heterocycles. The van der Waals surface area contributed by atoms with Crippen molar-refractivity contribution >= 4 is 23.5 Å². The fourth-order valence-corrected chi connectivity index (χ4v) is 3.44. The lowest BCUT2D eigenvalue weighted by Crippen LogP contribution is -2.48. The van der Waals surface area contributed by atoms with Crippen LogP contribution in [-0.4, -0.2) is 45.9 Å². The van der Waals surface area contributed by atoms with Gasteiger partial charge in [-0.25, -0.2) is 4.98 Å². The highest BCUT2D eigenvalue weighted by Gasteiger charge is 2.30. The van der Waals surface area contributed by atoms with E-state index in [0.29, 0.717) is 16.6 Å². The van der Waals surface area contributed by atoms with Crippen molar-refractivity contribution in [2.45, 2.75) is 38.5 Å². The second-order valence-corrected chi connectivity index (χ2v) is 6.63. The summed E-state index contributed by atoms with van der Waals surface area (Å²) in [6, 6.07) is 3.96. The van der Waals surface area contributed by atoms with Crippen LogP contribution in [0.1, 0.15) is 37.6 Å². The molecule has 0 bridgehead atoms. The van der Waals surface area contributed by atoms with Gasteiger partial charge in [-0.15, -0.1) is 0 Å². The lowest BCUT2D eigenvalue weighted by molar-refractivity contribution is 0.0699. The molecule has 1 N–H and O–H groups in total. The summed E-state index contributed by atoms with van der Waals surface area (Å²) >= 11 is 1.94. The summed E-state index contributed by atoms with van der Waals surface area (Å²) < 4.78 is 0. The molecule has 0 aromatic carbocycles. The van der Waals surface area contributed by atoms with Gasteiger partial charge in [-0.2, -0.15) is 11.8 Å². The van der Waals surface area contributed by atoms with Gasteiger partial charge in [-0.3, -0.25) is 4.79 Å². The molecule has 1 amide bonds. The Balaban J connectivity index is 2.19. The molecule has 2 unspecified atom stereocenters. The number of nitrogens with one attached hydrogen (secondary N) is 1. The molecule has 4 nitrogen and oxygen atoms in total. The summed E-state index contributed by atoms with van der Waals surface area (Å²) in [5, 5.41) is 3.73. The minimum atomic E-state index is 0.0938. The molecule has 1 fully saturated rings. The quantitative estimate of drug-likeness (QED) is 0.927. The average Bonchev–Trinajstić information content (AvgIpc) is 2.47. The van der Waals surface area contributed by atoms with Gasteiger partial charge in [-0.05, 0) is 25.5 Å². The molecule has 20 heavy (non-hydrogen) atoms. The zero-order valence-corrected chi connectivity index (χ0v) is 13.2. The van der Waals surface area contributed by atoms with Gasteiger partial charge in [0.05, 0.1) is 5.56 Å². The molecule has 1 aromatic rings. The Morgan fingerprint density at radius 2 is 2.35 bits per heavy atom. The minimum absolute atomic E-state index is 0.0938. The monoisotopic (exact) mass is 293 g/mol. The summed E-state index contributed by atoms with van der Waals surface area (Å²) in [4.78, 5) is 19.1. The van der Waals surface area contributed by atoms with Gasteiger partial charge in [0.25, 0.3) is 5.91 Å². The third kappa shape index (κ3) is 3.26. The van der Waals surface area contributed by atoms with Crippen LogP contribution in [0.4, 0.5) is 5.82 Å². The predicted molar refractivity (Wildman–Crippen MR) is 85.4 cm³/mol. The number of aromatic nitrogens is 1. The molecular formula is C15H23N3OS. The number of anilines is 1. The molecule has 2 atom stereocenters. The Kier molecular flexibility index (Phi) is 5.29. The van der Waals surface area contributed by atoms with Crippen LogP contribution in [0.25, 0.3) is 0 Å². The second-order valence-electron chi connectivity index (χ2n) is 5.14. The van der Waals surface area contributed by atoms with Crippen molar-refractivity contribution in [1.82, 2.24) is 9.88 Å². The summed E-state index contributed by atoms with van der Waals surface area (Å²) in [7, 11) is 0. The molecule has 1 saturated heterocycles. The van der Waals surface area contributed by atoms with Crippen LogP contribution in [0.5, 0.6) is 0 Å². The van der Waals surface area contributed by atoms with Crippen LogP contribution in [-0.2, 0) is 0 Å². The minimum Gasteiger partial charge on any atom is -0.369 e. The number of hydrogen-bond donors (Lipinski definition) is 1. The van der Waals surface area contributed by atoms with Gasteiger partial charge >= 0.3 is 0 Å². The van der Waals surface area contributed by atoms with E-state index in [1.165, 1.54) is 0 Å². The Morgan fingerprint density at radius 1 is 1.55 bits per heavy atom. The van der Waals surface area contributed by atoms with E-state index in [9.17, 15) is 4.79 Å². The van der Waals surface area contributed by atoms with Crippen LogP contribution in [0.2, 0.25) is 0 Å². The average molecular weight is 293 g/mol. The highest BCUT2D eigenvalue weighted by molar-refractivity contribution is 8.00. The predicted octanol–water partition coefficient (Wildman–Crippen LogP) is 2.87. The van der Waals surface area contributed by atoms with Crippen molar-refractivity contribution < 1.29 is 4.79 Å². The lowest BCUT2D eigenvalue weighted by atomic mass is 10.1. The molecule has 5 heteroatoms. The Hall–Kier alpha value is -1.23. The first kappa shape index (κ1) is 15.2. The first-order valence-corrected chi connectivity index (χ1v) is 8.31. The molecule has 1 aliphatic heterocycles. The molecule has 2 heterocycles. The third-order valence-electron chi connectivity index (χ3n) is 3.73. The van der Waals surface area contributed by atoms with E-state index in [2.05, 4.69) is 31.1 Å². The normalized spacial score (nSPS) is 22.6. The number of pyridine rings is 1. The van der Waals surface area contributed by atoms with Gasteiger partial charge in [0.15, 0.2) is 0 Å². The molecular weight excluding hydrogens is 270 g/mol. The van der Waals surface area contributed by atoms with Crippen LogP contribution in [0, 0.1) is 0 Å². The number of rotatable bonds is 4. The SMILES string of the molecule is CCCNc1ncccc1C(=O)N1CCSC(C)C1C. The number of carbonyl (C=O) groups is 1. The van der Waals surface area contributed by atoms with Crippen LogP contribution in [0.3, 0.4) is 0 Å². The van der Waals surface area contributed by atoms with Gasteiger partial charge in [0.1, 0.15) is 5.82 Å². The number of hydrogen-bond acceptors (Lipinski definition) is 4. The van der Waals surface area contributed by atoms with Crippen molar-refractivity contribution in [1.29, 1.82) is 0 Å². The fraction of sp³-hybridized carbons (Fsp3) is 0.600. The van der Waals surface area contributed by atoms with Crippen molar-refractivity contribution in [2.24, 2.45) is 0 Å². The topological polar surface area (TPSA) is 45.2 Å². The zero-order chi connectivity index (χ0) is 14.5. The largest absolute Gasteiger partial charge is 0.369 e. The summed E-state index contributed by atoms with van der Waals surface area (Å²) in [6.07, 6.45) is 2.74. The standard InChI is InChI=1S/C15H23N3OS/c1-4-7-16-14-13(6-5-8-17-14)15(19)18-9-10-20-12(3)11(18)2/h5-6,8,11-12H,4,7,9-10H2,1-3H3,(H,16,17). The fourth-order valence-electron chi connectivity index (χ4n) is 2.34. The second kappa shape index (κ2) is 6.97. The molecule has 0 saturated carbocycles. The number of amides is 1.